The van der Waals surface area contributed by atoms with Gasteiger partial charge in [0.1, 0.15) is 0 Å². The van der Waals surface area contributed by atoms with Crippen LogP contribution in [0.5, 0.6) is 0 Å². The van der Waals surface area contributed by atoms with Crippen LogP contribution in [0, 0.1) is 0 Å². The number of hydrazine groups is 1. The second-order valence-electron chi connectivity index (χ2n) is 4.95. The molecule has 4 heteroatoms. The van der Waals surface area contributed by atoms with Crippen LogP contribution in [0.1, 0.15) is 33.4 Å². The maximum Gasteiger partial charge on any atom is 0.335 e. The third-order valence-electron chi connectivity index (χ3n) is 3.73. The van der Waals surface area contributed by atoms with Crippen molar-refractivity contribution in [1.29, 1.82) is 0 Å². The Morgan fingerprint density at radius 1 is 1.00 bits per heavy atom. The molecule has 1 aliphatic rings. The van der Waals surface area contributed by atoms with Crippen LogP contribution in [0.4, 0.5) is 0 Å². The molecule has 1 aliphatic heterocycles. The highest BCUT2D eigenvalue weighted by molar-refractivity contribution is 5.87. The Hall–Kier alpha value is -2.17. The molecule has 1 heterocycles. The number of carboxylic acids is 1. The smallest absolute Gasteiger partial charge is 0.335 e. The lowest BCUT2D eigenvalue weighted by Crippen LogP contribution is -2.24. The van der Waals surface area contributed by atoms with Crippen molar-refractivity contribution < 1.29 is 9.90 Å². The molecule has 0 bridgehead atoms. The van der Waals surface area contributed by atoms with E-state index < -0.39 is 5.97 Å². The van der Waals surface area contributed by atoms with Gasteiger partial charge in [0.2, 0.25) is 0 Å². The third kappa shape index (κ3) is 2.43. The van der Waals surface area contributed by atoms with Gasteiger partial charge in [-0.25, -0.2) is 10.2 Å². The van der Waals surface area contributed by atoms with Crippen LogP contribution in [0.25, 0.3) is 0 Å². The summed E-state index contributed by atoms with van der Waals surface area (Å²) in [7, 11) is 0. The van der Waals surface area contributed by atoms with Crippen LogP contribution < -0.4 is 10.9 Å². The maximum absolute atomic E-state index is 10.9. The second-order valence-corrected chi connectivity index (χ2v) is 4.95. The maximum atomic E-state index is 10.9. The minimum Gasteiger partial charge on any atom is -0.478 e. The van der Waals surface area contributed by atoms with Crippen LogP contribution in [0.15, 0.2) is 54.6 Å². The summed E-state index contributed by atoms with van der Waals surface area (Å²) in [6.07, 6.45) is 0. The van der Waals surface area contributed by atoms with Crippen molar-refractivity contribution in [3.63, 3.8) is 0 Å². The molecule has 0 spiro atoms. The van der Waals surface area contributed by atoms with Gasteiger partial charge in [0.05, 0.1) is 11.6 Å². The monoisotopic (exact) mass is 268 g/mol. The number of nitrogens with one attached hydrogen (secondary N) is 2. The lowest BCUT2D eigenvalue weighted by Gasteiger charge is -2.19. The summed E-state index contributed by atoms with van der Waals surface area (Å²) in [6, 6.07) is 17.6. The molecular weight excluding hydrogens is 252 g/mol. The SMILES string of the molecule is O=C(O)c1ccc(C2CNNC2c2ccccc2)cc1. The summed E-state index contributed by atoms with van der Waals surface area (Å²) in [5.41, 5.74) is 9.17. The van der Waals surface area contributed by atoms with Gasteiger partial charge in [0, 0.05) is 12.5 Å². The van der Waals surface area contributed by atoms with E-state index in [-0.39, 0.29) is 6.04 Å². The summed E-state index contributed by atoms with van der Waals surface area (Å²) in [4.78, 5) is 10.9. The summed E-state index contributed by atoms with van der Waals surface area (Å²) in [5.74, 6) is -0.598. The van der Waals surface area contributed by atoms with Gasteiger partial charge < -0.3 is 5.11 Å². The van der Waals surface area contributed by atoms with Crippen molar-refractivity contribution in [3.8, 4) is 0 Å². The van der Waals surface area contributed by atoms with Gasteiger partial charge in [0.15, 0.2) is 0 Å². The standard InChI is InChI=1S/C16H16N2O2/c19-16(20)13-8-6-11(7-9-13)14-10-17-18-15(14)12-4-2-1-3-5-12/h1-9,14-15,17-18H,10H2,(H,19,20). The van der Waals surface area contributed by atoms with Crippen molar-refractivity contribution >= 4 is 5.97 Å². The molecule has 2 aromatic rings. The third-order valence-corrected chi connectivity index (χ3v) is 3.73. The molecule has 102 valence electrons. The van der Waals surface area contributed by atoms with Gasteiger partial charge in [-0.05, 0) is 23.3 Å². The van der Waals surface area contributed by atoms with E-state index in [0.29, 0.717) is 11.5 Å². The zero-order chi connectivity index (χ0) is 13.9. The van der Waals surface area contributed by atoms with Gasteiger partial charge in [-0.3, -0.25) is 5.43 Å². The summed E-state index contributed by atoms with van der Waals surface area (Å²) < 4.78 is 0. The number of hydrogen-bond donors (Lipinski definition) is 3. The first-order valence-corrected chi connectivity index (χ1v) is 6.62. The van der Waals surface area contributed by atoms with Crippen LogP contribution in [0.2, 0.25) is 0 Å². The van der Waals surface area contributed by atoms with Crippen molar-refractivity contribution in [2.24, 2.45) is 0 Å². The Balaban J connectivity index is 1.87. The first-order chi connectivity index (χ1) is 9.75. The van der Waals surface area contributed by atoms with Gasteiger partial charge in [-0.1, -0.05) is 42.5 Å². The quantitative estimate of drug-likeness (QED) is 0.799. The average Bonchev–Trinajstić information content (AvgIpc) is 2.97. The molecule has 2 atom stereocenters. The van der Waals surface area contributed by atoms with Gasteiger partial charge in [0.25, 0.3) is 0 Å². The minimum atomic E-state index is -0.890. The van der Waals surface area contributed by atoms with Crippen LogP contribution in [-0.4, -0.2) is 17.6 Å². The molecule has 2 unspecified atom stereocenters. The van der Waals surface area contributed by atoms with Crippen LogP contribution >= 0.6 is 0 Å². The van der Waals surface area contributed by atoms with E-state index in [4.69, 9.17) is 5.11 Å². The second kappa shape index (κ2) is 5.45. The molecular formula is C16H16N2O2. The van der Waals surface area contributed by atoms with E-state index in [2.05, 4.69) is 23.0 Å². The van der Waals surface area contributed by atoms with E-state index >= 15 is 0 Å². The summed E-state index contributed by atoms with van der Waals surface area (Å²) >= 11 is 0. The van der Waals surface area contributed by atoms with E-state index in [0.717, 1.165) is 12.1 Å². The summed E-state index contributed by atoms with van der Waals surface area (Å²) in [6.45, 7) is 0.825. The average molecular weight is 268 g/mol. The van der Waals surface area contributed by atoms with Crippen LogP contribution in [-0.2, 0) is 0 Å². The fourth-order valence-electron chi connectivity index (χ4n) is 2.66. The van der Waals surface area contributed by atoms with Gasteiger partial charge in [-0.15, -0.1) is 0 Å². The summed E-state index contributed by atoms with van der Waals surface area (Å²) in [5, 5.41) is 8.95. The van der Waals surface area contributed by atoms with Gasteiger partial charge in [-0.2, -0.15) is 0 Å². The Morgan fingerprint density at radius 3 is 2.35 bits per heavy atom. The highest BCUT2D eigenvalue weighted by Gasteiger charge is 2.29. The lowest BCUT2D eigenvalue weighted by molar-refractivity contribution is 0.0697. The Kier molecular flexibility index (Phi) is 3.50. The molecule has 0 amide bonds. The van der Waals surface area contributed by atoms with Gasteiger partial charge >= 0.3 is 5.97 Å². The Bertz CT molecular complexity index is 596. The lowest BCUT2D eigenvalue weighted by atomic mass is 9.88. The van der Waals surface area contributed by atoms with E-state index in [9.17, 15) is 4.79 Å². The molecule has 1 saturated heterocycles. The number of rotatable bonds is 3. The van der Waals surface area contributed by atoms with E-state index in [1.165, 1.54) is 5.56 Å². The van der Waals surface area contributed by atoms with Crippen molar-refractivity contribution in [2.75, 3.05) is 6.54 Å². The Labute approximate surface area is 117 Å². The number of aromatic carboxylic acids is 1. The minimum absolute atomic E-state index is 0.201. The molecule has 2 aromatic carbocycles. The van der Waals surface area contributed by atoms with Crippen molar-refractivity contribution in [3.05, 3.63) is 71.3 Å². The molecule has 0 aromatic heterocycles. The zero-order valence-electron chi connectivity index (χ0n) is 10.9. The zero-order valence-corrected chi connectivity index (χ0v) is 10.9. The number of hydrogen-bond acceptors (Lipinski definition) is 3. The first kappa shape index (κ1) is 12.8. The molecule has 1 fully saturated rings. The van der Waals surface area contributed by atoms with Crippen molar-refractivity contribution in [1.82, 2.24) is 10.9 Å². The number of carbonyl (C=O) groups is 1. The largest absolute Gasteiger partial charge is 0.478 e. The number of benzene rings is 2. The molecule has 0 aliphatic carbocycles. The highest BCUT2D eigenvalue weighted by atomic mass is 16.4. The Morgan fingerprint density at radius 2 is 1.70 bits per heavy atom. The number of carboxylic acid groups (broad SMARTS) is 1. The molecule has 3 rings (SSSR count). The highest BCUT2D eigenvalue weighted by Crippen LogP contribution is 2.33. The van der Waals surface area contributed by atoms with Crippen molar-refractivity contribution in [2.45, 2.75) is 12.0 Å². The van der Waals surface area contributed by atoms with E-state index in [1.807, 2.05) is 30.3 Å². The first-order valence-electron chi connectivity index (χ1n) is 6.62. The molecule has 0 radical (unpaired) electrons. The molecule has 0 saturated carbocycles. The predicted molar refractivity (Wildman–Crippen MR) is 76.5 cm³/mol. The van der Waals surface area contributed by atoms with E-state index in [1.54, 1.807) is 12.1 Å². The fourth-order valence-corrected chi connectivity index (χ4v) is 2.66. The predicted octanol–water partition coefficient (Wildman–Crippen LogP) is 2.32. The van der Waals surface area contributed by atoms with Crippen LogP contribution in [0.3, 0.4) is 0 Å². The molecule has 3 N–H and O–H groups in total. The fraction of sp³-hybridized carbons (Fsp3) is 0.188. The normalized spacial score (nSPS) is 21.8. The topological polar surface area (TPSA) is 61.4 Å². The molecule has 20 heavy (non-hydrogen) atoms. The molecule has 4 nitrogen and oxygen atoms in total.